The summed E-state index contributed by atoms with van der Waals surface area (Å²) in [6.07, 6.45) is 5.50. The van der Waals surface area contributed by atoms with E-state index in [1.165, 1.54) is 12.8 Å². The largest absolute Gasteiger partial charge is 0.330 e. The number of aromatic nitrogens is 1. The second kappa shape index (κ2) is 8.64. The standard InChI is InChI=1S/C17H30N2OS/c1-5-6-13(9-10-18)7-8-14(20)11-16-19-15(12-21-16)17(2,3)4/h12-13H,5-11,18H2,1-4H3. The van der Waals surface area contributed by atoms with Crippen LogP contribution in [0.2, 0.25) is 0 Å². The van der Waals surface area contributed by atoms with Crippen molar-refractivity contribution in [1.29, 1.82) is 0 Å². The molecule has 0 saturated carbocycles. The number of nitrogens with zero attached hydrogens (tertiary/aromatic N) is 1. The van der Waals surface area contributed by atoms with E-state index in [-0.39, 0.29) is 5.41 Å². The van der Waals surface area contributed by atoms with Gasteiger partial charge in [-0.05, 0) is 25.3 Å². The molecule has 1 aromatic rings. The molecule has 0 spiro atoms. The summed E-state index contributed by atoms with van der Waals surface area (Å²) in [5.41, 5.74) is 6.79. The normalized spacial score (nSPS) is 13.4. The average Bonchev–Trinajstić information content (AvgIpc) is 2.85. The molecule has 1 atom stereocenters. The molecular formula is C17H30N2OS. The molecule has 1 rings (SSSR count). The molecule has 0 saturated heterocycles. The molecule has 21 heavy (non-hydrogen) atoms. The average molecular weight is 311 g/mol. The lowest BCUT2D eigenvalue weighted by atomic mass is 9.93. The van der Waals surface area contributed by atoms with Gasteiger partial charge >= 0.3 is 0 Å². The van der Waals surface area contributed by atoms with Crippen molar-refractivity contribution in [3.8, 4) is 0 Å². The van der Waals surface area contributed by atoms with Crippen LogP contribution in [0.1, 0.15) is 70.5 Å². The number of carbonyl (C=O) groups is 1. The Bertz CT molecular complexity index is 428. The SMILES string of the molecule is CCCC(CCN)CCC(=O)Cc1nc(C(C)(C)C)cs1. The van der Waals surface area contributed by atoms with Gasteiger partial charge in [0.25, 0.3) is 0 Å². The van der Waals surface area contributed by atoms with Gasteiger partial charge in [-0.25, -0.2) is 4.98 Å². The summed E-state index contributed by atoms with van der Waals surface area (Å²) < 4.78 is 0. The van der Waals surface area contributed by atoms with Crippen molar-refractivity contribution < 1.29 is 4.79 Å². The minimum absolute atomic E-state index is 0.0607. The Morgan fingerprint density at radius 3 is 2.57 bits per heavy atom. The maximum absolute atomic E-state index is 12.1. The van der Waals surface area contributed by atoms with E-state index in [4.69, 9.17) is 5.73 Å². The van der Waals surface area contributed by atoms with E-state index >= 15 is 0 Å². The third kappa shape index (κ3) is 6.70. The van der Waals surface area contributed by atoms with Crippen molar-refractivity contribution >= 4 is 17.1 Å². The molecule has 1 aromatic heterocycles. The summed E-state index contributed by atoms with van der Waals surface area (Å²) in [5, 5.41) is 3.03. The van der Waals surface area contributed by atoms with Crippen LogP contribution in [-0.4, -0.2) is 17.3 Å². The number of hydrogen-bond donors (Lipinski definition) is 1. The van der Waals surface area contributed by atoms with Crippen molar-refractivity contribution in [2.24, 2.45) is 11.7 Å². The molecule has 0 fully saturated rings. The van der Waals surface area contributed by atoms with Gasteiger partial charge in [0.05, 0.1) is 12.1 Å². The van der Waals surface area contributed by atoms with Crippen LogP contribution in [0, 0.1) is 5.92 Å². The summed E-state index contributed by atoms with van der Waals surface area (Å²) in [7, 11) is 0. The zero-order chi connectivity index (χ0) is 15.9. The van der Waals surface area contributed by atoms with Crippen LogP contribution in [0.25, 0.3) is 0 Å². The monoisotopic (exact) mass is 310 g/mol. The highest BCUT2D eigenvalue weighted by molar-refractivity contribution is 7.09. The third-order valence-corrected chi connectivity index (χ3v) is 4.62. The summed E-state index contributed by atoms with van der Waals surface area (Å²) in [5.74, 6) is 0.910. The molecule has 0 amide bonds. The summed E-state index contributed by atoms with van der Waals surface area (Å²) in [4.78, 5) is 16.7. The van der Waals surface area contributed by atoms with Gasteiger partial charge < -0.3 is 5.73 Å². The van der Waals surface area contributed by atoms with Crippen LogP contribution in [-0.2, 0) is 16.6 Å². The highest BCUT2D eigenvalue weighted by Crippen LogP contribution is 2.24. The number of rotatable bonds is 9. The topological polar surface area (TPSA) is 56.0 Å². The maximum atomic E-state index is 12.1. The van der Waals surface area contributed by atoms with E-state index in [2.05, 4.69) is 38.1 Å². The van der Waals surface area contributed by atoms with Crippen molar-refractivity contribution in [2.75, 3.05) is 6.54 Å². The van der Waals surface area contributed by atoms with Crippen molar-refractivity contribution in [1.82, 2.24) is 4.98 Å². The highest BCUT2D eigenvalue weighted by atomic mass is 32.1. The van der Waals surface area contributed by atoms with Gasteiger partial charge in [0.2, 0.25) is 0 Å². The molecule has 2 N–H and O–H groups in total. The van der Waals surface area contributed by atoms with Crippen LogP contribution in [0.4, 0.5) is 0 Å². The van der Waals surface area contributed by atoms with E-state index in [0.717, 1.165) is 30.1 Å². The fourth-order valence-corrected chi connectivity index (χ4v) is 3.48. The molecule has 0 aliphatic heterocycles. The van der Waals surface area contributed by atoms with Gasteiger partial charge in [0, 0.05) is 17.2 Å². The third-order valence-electron chi connectivity index (χ3n) is 3.77. The van der Waals surface area contributed by atoms with Gasteiger partial charge in [0.1, 0.15) is 10.8 Å². The van der Waals surface area contributed by atoms with Crippen LogP contribution in [0.5, 0.6) is 0 Å². The van der Waals surface area contributed by atoms with E-state index in [9.17, 15) is 4.79 Å². The Kier molecular flexibility index (Phi) is 7.53. The first-order valence-corrected chi connectivity index (χ1v) is 8.91. The van der Waals surface area contributed by atoms with Crippen molar-refractivity contribution in [2.45, 2.75) is 71.6 Å². The van der Waals surface area contributed by atoms with Gasteiger partial charge in [-0.3, -0.25) is 4.79 Å². The molecule has 3 nitrogen and oxygen atoms in total. The molecule has 0 aromatic carbocycles. The number of ketones is 1. The van der Waals surface area contributed by atoms with Crippen LogP contribution >= 0.6 is 11.3 Å². The molecule has 1 unspecified atom stereocenters. The lowest BCUT2D eigenvalue weighted by Gasteiger charge is -2.14. The predicted molar refractivity (Wildman–Crippen MR) is 90.8 cm³/mol. The number of nitrogens with two attached hydrogens (primary N) is 1. The minimum Gasteiger partial charge on any atom is -0.330 e. The molecule has 0 aliphatic rings. The first-order valence-electron chi connectivity index (χ1n) is 8.03. The first-order chi connectivity index (χ1) is 9.86. The lowest BCUT2D eigenvalue weighted by Crippen LogP contribution is -2.13. The van der Waals surface area contributed by atoms with E-state index in [1.54, 1.807) is 11.3 Å². The fourth-order valence-electron chi connectivity index (χ4n) is 2.44. The van der Waals surface area contributed by atoms with E-state index in [0.29, 0.717) is 24.5 Å². The zero-order valence-electron chi connectivity index (χ0n) is 13.9. The molecule has 0 aliphatic carbocycles. The summed E-state index contributed by atoms with van der Waals surface area (Å²) in [6, 6.07) is 0. The zero-order valence-corrected chi connectivity index (χ0v) is 14.8. The quantitative estimate of drug-likeness (QED) is 0.747. The molecule has 0 bridgehead atoms. The van der Waals surface area contributed by atoms with Crippen LogP contribution in [0.3, 0.4) is 0 Å². The second-order valence-electron chi connectivity index (χ2n) is 6.86. The molecule has 0 radical (unpaired) electrons. The Morgan fingerprint density at radius 2 is 2.05 bits per heavy atom. The second-order valence-corrected chi connectivity index (χ2v) is 7.81. The summed E-state index contributed by atoms with van der Waals surface area (Å²) >= 11 is 1.61. The van der Waals surface area contributed by atoms with Gasteiger partial charge in [-0.1, -0.05) is 40.5 Å². The lowest BCUT2D eigenvalue weighted by molar-refractivity contribution is -0.118. The predicted octanol–water partition coefficient (Wildman–Crippen LogP) is 4.10. The Morgan fingerprint density at radius 1 is 1.33 bits per heavy atom. The molecule has 120 valence electrons. The van der Waals surface area contributed by atoms with Gasteiger partial charge in [-0.2, -0.15) is 0 Å². The first kappa shape index (κ1) is 18.3. The summed E-state index contributed by atoms with van der Waals surface area (Å²) in [6.45, 7) is 9.36. The molecule has 1 heterocycles. The van der Waals surface area contributed by atoms with E-state index < -0.39 is 0 Å². The smallest absolute Gasteiger partial charge is 0.139 e. The molecule has 4 heteroatoms. The van der Waals surface area contributed by atoms with Gasteiger partial charge in [0.15, 0.2) is 0 Å². The van der Waals surface area contributed by atoms with Crippen molar-refractivity contribution in [3.05, 3.63) is 16.1 Å². The Balaban J connectivity index is 2.44. The number of carbonyl (C=O) groups excluding carboxylic acids is 1. The maximum Gasteiger partial charge on any atom is 0.139 e. The minimum atomic E-state index is 0.0607. The van der Waals surface area contributed by atoms with Crippen LogP contribution in [0.15, 0.2) is 5.38 Å². The van der Waals surface area contributed by atoms with Crippen molar-refractivity contribution in [3.63, 3.8) is 0 Å². The Hall–Kier alpha value is -0.740. The number of hydrogen-bond acceptors (Lipinski definition) is 4. The van der Waals surface area contributed by atoms with Crippen LogP contribution < -0.4 is 5.73 Å². The Labute approximate surface area is 133 Å². The highest BCUT2D eigenvalue weighted by Gasteiger charge is 2.18. The van der Waals surface area contributed by atoms with E-state index in [1.807, 2.05) is 0 Å². The number of Topliss-reactive ketones (excluding diaryl/α,β-unsaturated/α-hetero) is 1. The fraction of sp³-hybridized carbons (Fsp3) is 0.765. The number of thiazole rings is 1. The molecular weight excluding hydrogens is 280 g/mol. The van der Waals surface area contributed by atoms with Gasteiger partial charge in [-0.15, -0.1) is 11.3 Å².